The highest BCUT2D eigenvalue weighted by Gasteiger charge is 2.16. The lowest BCUT2D eigenvalue weighted by atomic mass is 10.2. The second kappa shape index (κ2) is 2.63. The average Bonchev–Trinajstić information content (AvgIpc) is 2.46. The van der Waals surface area contributed by atoms with E-state index in [1.807, 2.05) is 4.90 Å². The van der Waals surface area contributed by atoms with Gasteiger partial charge in [0.1, 0.15) is 5.82 Å². The Kier molecular flexibility index (Phi) is 1.61. The molecule has 0 amide bonds. The van der Waals surface area contributed by atoms with Crippen molar-refractivity contribution in [1.29, 1.82) is 0 Å². The summed E-state index contributed by atoms with van der Waals surface area (Å²) in [7, 11) is 0. The van der Waals surface area contributed by atoms with Crippen LogP contribution in [0.3, 0.4) is 0 Å². The van der Waals surface area contributed by atoms with E-state index in [9.17, 15) is 4.39 Å². The Morgan fingerprint density at radius 3 is 3.08 bits per heavy atom. The number of benzene rings is 1. The molecule has 1 aliphatic heterocycles. The maximum atomic E-state index is 12.7. The summed E-state index contributed by atoms with van der Waals surface area (Å²) in [5.41, 5.74) is 2.17. The molecular weight excluding hydrogens is 153 g/mol. The number of hydrogen-bond donors (Lipinski definition) is 0. The van der Waals surface area contributed by atoms with Gasteiger partial charge in [-0.3, -0.25) is 0 Å². The molecule has 0 radical (unpaired) electrons. The van der Waals surface area contributed by atoms with Crippen LogP contribution in [0.25, 0.3) is 0 Å². The Labute approximate surface area is 71.1 Å². The zero-order valence-corrected chi connectivity index (χ0v) is 6.76. The van der Waals surface area contributed by atoms with Crippen molar-refractivity contribution in [3.8, 4) is 0 Å². The number of hydrogen-bond acceptors (Lipinski definition) is 1. The van der Waals surface area contributed by atoms with Crippen molar-refractivity contribution in [1.82, 2.24) is 0 Å². The van der Waals surface area contributed by atoms with Gasteiger partial charge in [-0.2, -0.15) is 0 Å². The summed E-state index contributed by atoms with van der Waals surface area (Å²) >= 11 is 0. The second-order valence-electron chi connectivity index (χ2n) is 2.90. The predicted molar refractivity (Wildman–Crippen MR) is 47.6 cm³/mol. The molecule has 62 valence electrons. The molecule has 12 heavy (non-hydrogen) atoms. The normalized spacial score (nSPS) is 14.6. The van der Waals surface area contributed by atoms with E-state index in [4.69, 9.17) is 0 Å². The van der Waals surface area contributed by atoms with E-state index in [0.717, 1.165) is 24.2 Å². The van der Waals surface area contributed by atoms with Crippen LogP contribution in [0.15, 0.2) is 31.0 Å². The van der Waals surface area contributed by atoms with E-state index in [1.54, 1.807) is 18.3 Å². The molecule has 1 aliphatic rings. The molecule has 0 fully saturated rings. The SMILES string of the molecule is C=CN1CCc2cc(F)ccc21. The first kappa shape index (κ1) is 7.35. The minimum atomic E-state index is -0.153. The number of halogens is 1. The van der Waals surface area contributed by atoms with E-state index < -0.39 is 0 Å². The quantitative estimate of drug-likeness (QED) is 0.614. The highest BCUT2D eigenvalue weighted by Crippen LogP contribution is 2.28. The molecule has 0 unspecified atom stereocenters. The summed E-state index contributed by atoms with van der Waals surface area (Å²) in [5, 5.41) is 0. The van der Waals surface area contributed by atoms with Crippen LogP contribution in [0, 0.1) is 5.82 Å². The summed E-state index contributed by atoms with van der Waals surface area (Å²) in [5.74, 6) is -0.153. The first-order valence-electron chi connectivity index (χ1n) is 3.99. The molecule has 0 bridgehead atoms. The summed E-state index contributed by atoms with van der Waals surface area (Å²) in [4.78, 5) is 2.04. The molecule has 2 heteroatoms. The van der Waals surface area contributed by atoms with E-state index in [-0.39, 0.29) is 5.82 Å². The summed E-state index contributed by atoms with van der Waals surface area (Å²) in [6.07, 6.45) is 2.70. The fourth-order valence-corrected chi connectivity index (χ4v) is 1.59. The average molecular weight is 163 g/mol. The number of anilines is 1. The van der Waals surface area contributed by atoms with Gasteiger partial charge in [0.25, 0.3) is 0 Å². The first-order valence-corrected chi connectivity index (χ1v) is 3.99. The minimum Gasteiger partial charge on any atom is -0.348 e. The number of nitrogens with zero attached hydrogens (tertiary/aromatic N) is 1. The molecule has 0 saturated heterocycles. The standard InChI is InChI=1S/C10H10FN/c1-2-12-6-5-8-7-9(11)3-4-10(8)12/h2-4,7H,1,5-6H2. The van der Waals surface area contributed by atoms with Gasteiger partial charge in [-0.25, -0.2) is 4.39 Å². The molecule has 1 heterocycles. The number of fused-ring (bicyclic) bond motifs is 1. The third kappa shape index (κ3) is 0.998. The van der Waals surface area contributed by atoms with Crippen molar-refractivity contribution < 1.29 is 4.39 Å². The molecular formula is C10H10FN. The fourth-order valence-electron chi connectivity index (χ4n) is 1.59. The fraction of sp³-hybridized carbons (Fsp3) is 0.200. The van der Waals surface area contributed by atoms with Crippen LogP contribution < -0.4 is 4.90 Å². The molecule has 0 N–H and O–H groups in total. The summed E-state index contributed by atoms with van der Waals surface area (Å²) in [6, 6.07) is 4.89. The zero-order chi connectivity index (χ0) is 8.55. The Hall–Kier alpha value is -1.31. The third-order valence-electron chi connectivity index (χ3n) is 2.19. The van der Waals surface area contributed by atoms with E-state index >= 15 is 0 Å². The number of rotatable bonds is 1. The van der Waals surface area contributed by atoms with Crippen molar-refractivity contribution >= 4 is 5.69 Å². The van der Waals surface area contributed by atoms with Crippen molar-refractivity contribution in [2.75, 3.05) is 11.4 Å². The van der Waals surface area contributed by atoms with Crippen molar-refractivity contribution in [2.45, 2.75) is 6.42 Å². The first-order chi connectivity index (χ1) is 5.81. The van der Waals surface area contributed by atoms with Crippen molar-refractivity contribution in [3.63, 3.8) is 0 Å². The van der Waals surface area contributed by atoms with Gasteiger partial charge in [0.2, 0.25) is 0 Å². The monoisotopic (exact) mass is 163 g/mol. The van der Waals surface area contributed by atoms with Crippen molar-refractivity contribution in [3.05, 3.63) is 42.4 Å². The second-order valence-corrected chi connectivity index (χ2v) is 2.90. The molecule has 2 rings (SSSR count). The minimum absolute atomic E-state index is 0.153. The largest absolute Gasteiger partial charge is 0.348 e. The van der Waals surface area contributed by atoms with Crippen LogP contribution in [0.5, 0.6) is 0 Å². The van der Waals surface area contributed by atoms with Gasteiger partial charge in [0.05, 0.1) is 0 Å². The van der Waals surface area contributed by atoms with E-state index in [1.165, 1.54) is 6.07 Å². The van der Waals surface area contributed by atoms with Gasteiger partial charge in [-0.15, -0.1) is 0 Å². The summed E-state index contributed by atoms with van der Waals surface area (Å²) < 4.78 is 12.7. The van der Waals surface area contributed by atoms with Crippen LogP contribution in [0.2, 0.25) is 0 Å². The molecule has 0 aliphatic carbocycles. The highest BCUT2D eigenvalue weighted by atomic mass is 19.1. The van der Waals surface area contributed by atoms with Gasteiger partial charge < -0.3 is 4.90 Å². The maximum Gasteiger partial charge on any atom is 0.123 e. The molecule has 0 spiro atoms. The lowest BCUT2D eigenvalue weighted by Crippen LogP contribution is -2.10. The van der Waals surface area contributed by atoms with Crippen LogP contribution in [-0.4, -0.2) is 6.54 Å². The maximum absolute atomic E-state index is 12.7. The predicted octanol–water partition coefficient (Wildman–Crippen LogP) is 2.33. The lowest BCUT2D eigenvalue weighted by molar-refractivity contribution is 0.626. The molecule has 0 saturated carbocycles. The van der Waals surface area contributed by atoms with Gasteiger partial charge in [-0.1, -0.05) is 6.58 Å². The van der Waals surface area contributed by atoms with E-state index in [0.29, 0.717) is 0 Å². The Morgan fingerprint density at radius 2 is 2.33 bits per heavy atom. The topological polar surface area (TPSA) is 3.24 Å². The highest BCUT2D eigenvalue weighted by molar-refractivity contribution is 5.59. The van der Waals surface area contributed by atoms with E-state index in [2.05, 4.69) is 6.58 Å². The van der Waals surface area contributed by atoms with Crippen molar-refractivity contribution in [2.24, 2.45) is 0 Å². The molecule has 1 aromatic carbocycles. The van der Waals surface area contributed by atoms with Crippen LogP contribution in [-0.2, 0) is 6.42 Å². The zero-order valence-electron chi connectivity index (χ0n) is 6.76. The Bertz CT molecular complexity index is 320. The molecule has 0 aromatic heterocycles. The smallest absolute Gasteiger partial charge is 0.123 e. The molecule has 1 aromatic rings. The third-order valence-corrected chi connectivity index (χ3v) is 2.19. The van der Waals surface area contributed by atoms with Gasteiger partial charge in [-0.05, 0) is 36.4 Å². The van der Waals surface area contributed by atoms with Crippen LogP contribution in [0.1, 0.15) is 5.56 Å². The van der Waals surface area contributed by atoms with Gasteiger partial charge in [0.15, 0.2) is 0 Å². The van der Waals surface area contributed by atoms with Crippen LogP contribution >= 0.6 is 0 Å². The lowest BCUT2D eigenvalue weighted by Gasteiger charge is -2.12. The Morgan fingerprint density at radius 1 is 1.50 bits per heavy atom. The molecule has 0 atom stereocenters. The van der Waals surface area contributed by atoms with Gasteiger partial charge >= 0.3 is 0 Å². The Balaban J connectivity index is 2.47. The van der Waals surface area contributed by atoms with Gasteiger partial charge in [0, 0.05) is 12.2 Å². The van der Waals surface area contributed by atoms with Crippen LogP contribution in [0.4, 0.5) is 10.1 Å². The molecule has 1 nitrogen and oxygen atoms in total. The summed E-state index contributed by atoms with van der Waals surface area (Å²) in [6.45, 7) is 4.62.